The summed E-state index contributed by atoms with van der Waals surface area (Å²) in [6, 6.07) is 4.55. The minimum absolute atomic E-state index is 0.0997. The summed E-state index contributed by atoms with van der Waals surface area (Å²) in [5.74, 6) is -0.482. The Hall–Kier alpha value is -3.06. The lowest BCUT2D eigenvalue weighted by Crippen LogP contribution is -2.07. The van der Waals surface area contributed by atoms with Crippen molar-refractivity contribution in [2.45, 2.75) is 20.8 Å². The molecule has 27 heavy (non-hydrogen) atoms. The van der Waals surface area contributed by atoms with Gasteiger partial charge in [-0.25, -0.2) is 4.79 Å². The SMILES string of the molecule is CCOC(=O)c1[nH]cc(C)c1-c1[nH]cc(C)c1-c1ccc(Cl)cc1[N+](=O)[O-]. The second-order valence-electron chi connectivity index (χ2n) is 6.08. The molecule has 2 heterocycles. The van der Waals surface area contributed by atoms with Crippen LogP contribution in [0.4, 0.5) is 5.69 Å². The molecule has 3 rings (SSSR count). The van der Waals surface area contributed by atoms with Crippen molar-refractivity contribution in [2.24, 2.45) is 0 Å². The van der Waals surface area contributed by atoms with Crippen LogP contribution in [0.3, 0.4) is 0 Å². The molecule has 0 amide bonds. The molecule has 3 aromatic rings. The Morgan fingerprint density at radius 2 is 1.85 bits per heavy atom. The number of esters is 1. The van der Waals surface area contributed by atoms with Gasteiger partial charge in [0.1, 0.15) is 5.69 Å². The van der Waals surface area contributed by atoms with Crippen molar-refractivity contribution in [3.63, 3.8) is 0 Å². The third kappa shape index (κ3) is 3.33. The van der Waals surface area contributed by atoms with Gasteiger partial charge in [0.15, 0.2) is 0 Å². The summed E-state index contributed by atoms with van der Waals surface area (Å²) in [6.45, 7) is 5.68. The number of benzene rings is 1. The molecule has 7 nitrogen and oxygen atoms in total. The van der Waals surface area contributed by atoms with E-state index in [-0.39, 0.29) is 17.3 Å². The standard InChI is InChI=1S/C19H18ClN3O4/c1-4-27-19(24)18-16(11(3)9-22-18)17-15(10(2)8-21-17)13-6-5-12(20)7-14(13)23(25)26/h5-9,21-22H,4H2,1-3H3. The summed E-state index contributed by atoms with van der Waals surface area (Å²) in [5.41, 5.74) is 4.13. The average molecular weight is 388 g/mol. The Morgan fingerprint density at radius 1 is 1.19 bits per heavy atom. The first kappa shape index (κ1) is 18.7. The largest absolute Gasteiger partial charge is 0.461 e. The van der Waals surface area contributed by atoms with E-state index in [4.69, 9.17) is 16.3 Å². The third-order valence-corrected chi connectivity index (χ3v) is 4.55. The summed E-state index contributed by atoms with van der Waals surface area (Å²) in [6.07, 6.45) is 3.46. The van der Waals surface area contributed by atoms with Crippen LogP contribution in [-0.4, -0.2) is 27.5 Å². The number of carbonyl (C=O) groups is 1. The van der Waals surface area contributed by atoms with Gasteiger partial charge in [0.05, 0.1) is 22.8 Å². The van der Waals surface area contributed by atoms with Crippen molar-refractivity contribution in [3.8, 4) is 22.4 Å². The van der Waals surface area contributed by atoms with Crippen molar-refractivity contribution in [3.05, 3.63) is 62.6 Å². The topological polar surface area (TPSA) is 101 Å². The summed E-state index contributed by atoms with van der Waals surface area (Å²) >= 11 is 5.95. The second-order valence-corrected chi connectivity index (χ2v) is 6.52. The second kappa shape index (κ2) is 7.28. The van der Waals surface area contributed by atoms with Crippen LogP contribution < -0.4 is 0 Å². The molecule has 1 aromatic carbocycles. The zero-order valence-electron chi connectivity index (χ0n) is 15.1. The van der Waals surface area contributed by atoms with E-state index in [0.29, 0.717) is 28.1 Å². The van der Waals surface area contributed by atoms with Gasteiger partial charge in [0.2, 0.25) is 0 Å². The maximum Gasteiger partial charge on any atom is 0.355 e. The summed E-state index contributed by atoms with van der Waals surface area (Å²) in [7, 11) is 0. The Labute approximate surface area is 160 Å². The predicted octanol–water partition coefficient (Wildman–Crippen LogP) is 5.03. The van der Waals surface area contributed by atoms with Gasteiger partial charge in [0, 0.05) is 34.6 Å². The zero-order chi connectivity index (χ0) is 19.7. The normalized spacial score (nSPS) is 10.8. The first-order valence-corrected chi connectivity index (χ1v) is 8.70. The highest BCUT2D eigenvalue weighted by atomic mass is 35.5. The van der Waals surface area contributed by atoms with Crippen LogP contribution in [0.15, 0.2) is 30.6 Å². The van der Waals surface area contributed by atoms with Crippen LogP contribution in [0.25, 0.3) is 22.4 Å². The highest BCUT2D eigenvalue weighted by Crippen LogP contribution is 2.42. The third-order valence-electron chi connectivity index (χ3n) is 4.31. The Morgan fingerprint density at radius 3 is 2.52 bits per heavy atom. The minimum Gasteiger partial charge on any atom is -0.461 e. The number of hydrogen-bond donors (Lipinski definition) is 2. The van der Waals surface area contributed by atoms with E-state index >= 15 is 0 Å². The summed E-state index contributed by atoms with van der Waals surface area (Å²) in [4.78, 5) is 29.5. The number of nitrogens with one attached hydrogen (secondary N) is 2. The average Bonchev–Trinajstić information content (AvgIpc) is 3.17. The van der Waals surface area contributed by atoms with E-state index in [1.807, 2.05) is 13.8 Å². The molecule has 0 atom stereocenters. The van der Waals surface area contributed by atoms with Gasteiger partial charge in [-0.05, 0) is 44.0 Å². The smallest absolute Gasteiger partial charge is 0.355 e. The van der Waals surface area contributed by atoms with Gasteiger partial charge in [0.25, 0.3) is 5.69 Å². The number of aromatic nitrogens is 2. The molecular weight excluding hydrogens is 370 g/mol. The van der Waals surface area contributed by atoms with Crippen LogP contribution in [0, 0.1) is 24.0 Å². The number of hydrogen-bond acceptors (Lipinski definition) is 4. The Balaban J connectivity index is 2.26. The lowest BCUT2D eigenvalue weighted by atomic mass is 9.95. The maximum atomic E-state index is 12.3. The number of carbonyl (C=O) groups excluding carboxylic acids is 1. The number of H-pyrrole nitrogens is 2. The highest BCUT2D eigenvalue weighted by Gasteiger charge is 2.26. The number of aryl methyl sites for hydroxylation is 2. The number of nitrogens with zero attached hydrogens (tertiary/aromatic N) is 1. The quantitative estimate of drug-likeness (QED) is 0.364. The van der Waals surface area contributed by atoms with Crippen LogP contribution in [-0.2, 0) is 4.74 Å². The van der Waals surface area contributed by atoms with Gasteiger partial charge < -0.3 is 14.7 Å². The molecular formula is C19H18ClN3O4. The Bertz CT molecular complexity index is 1040. The highest BCUT2D eigenvalue weighted by molar-refractivity contribution is 6.31. The zero-order valence-corrected chi connectivity index (χ0v) is 15.8. The number of nitro groups is 1. The van der Waals surface area contributed by atoms with Crippen molar-refractivity contribution >= 4 is 23.3 Å². The van der Waals surface area contributed by atoms with E-state index < -0.39 is 10.9 Å². The molecule has 8 heteroatoms. The number of nitro benzene ring substituents is 1. The van der Waals surface area contributed by atoms with Crippen molar-refractivity contribution < 1.29 is 14.5 Å². The molecule has 0 spiro atoms. The first-order valence-electron chi connectivity index (χ1n) is 8.32. The lowest BCUT2D eigenvalue weighted by molar-refractivity contribution is -0.384. The number of ether oxygens (including phenoxy) is 1. The monoisotopic (exact) mass is 387 g/mol. The molecule has 2 N–H and O–H groups in total. The molecule has 0 saturated carbocycles. The summed E-state index contributed by atoms with van der Waals surface area (Å²) < 4.78 is 5.12. The minimum atomic E-state index is -0.482. The van der Waals surface area contributed by atoms with Crippen LogP contribution >= 0.6 is 11.6 Å². The van der Waals surface area contributed by atoms with E-state index in [1.54, 1.807) is 31.5 Å². The van der Waals surface area contributed by atoms with Crippen molar-refractivity contribution in [1.82, 2.24) is 9.97 Å². The first-order chi connectivity index (χ1) is 12.8. The van der Waals surface area contributed by atoms with Crippen LogP contribution in [0.2, 0.25) is 5.02 Å². The molecule has 0 aliphatic carbocycles. The van der Waals surface area contributed by atoms with Gasteiger partial charge in [-0.1, -0.05) is 11.6 Å². The van der Waals surface area contributed by atoms with Gasteiger partial charge in [-0.2, -0.15) is 0 Å². The van der Waals surface area contributed by atoms with E-state index in [0.717, 1.165) is 11.1 Å². The van der Waals surface area contributed by atoms with Crippen molar-refractivity contribution in [2.75, 3.05) is 6.61 Å². The molecule has 2 aromatic heterocycles. The Kier molecular flexibility index (Phi) is 5.05. The summed E-state index contributed by atoms with van der Waals surface area (Å²) in [5, 5.41) is 11.8. The number of halogens is 1. The van der Waals surface area contributed by atoms with E-state index in [9.17, 15) is 14.9 Å². The molecule has 0 saturated heterocycles. The molecule has 0 aliphatic heterocycles. The lowest BCUT2D eigenvalue weighted by Gasteiger charge is -2.10. The van der Waals surface area contributed by atoms with E-state index in [2.05, 4.69) is 9.97 Å². The van der Waals surface area contributed by atoms with Gasteiger partial charge >= 0.3 is 5.97 Å². The predicted molar refractivity (Wildman–Crippen MR) is 103 cm³/mol. The molecule has 0 bridgehead atoms. The number of aromatic amines is 2. The van der Waals surface area contributed by atoms with Crippen LogP contribution in [0.5, 0.6) is 0 Å². The van der Waals surface area contributed by atoms with Crippen molar-refractivity contribution in [1.29, 1.82) is 0 Å². The van der Waals surface area contributed by atoms with Gasteiger partial charge in [-0.3, -0.25) is 10.1 Å². The molecule has 0 radical (unpaired) electrons. The fourth-order valence-corrected chi connectivity index (χ4v) is 3.31. The molecule has 0 fully saturated rings. The molecule has 140 valence electrons. The van der Waals surface area contributed by atoms with E-state index in [1.165, 1.54) is 6.07 Å². The molecule has 0 aliphatic rings. The number of rotatable bonds is 5. The maximum absolute atomic E-state index is 12.3. The fraction of sp³-hybridized carbons (Fsp3) is 0.211. The molecule has 0 unspecified atom stereocenters. The fourth-order valence-electron chi connectivity index (χ4n) is 3.14. The van der Waals surface area contributed by atoms with Crippen LogP contribution in [0.1, 0.15) is 28.5 Å². The van der Waals surface area contributed by atoms with Gasteiger partial charge in [-0.15, -0.1) is 0 Å².